The Hall–Kier alpha value is -2.45. The van der Waals surface area contributed by atoms with Crippen molar-refractivity contribution in [1.82, 2.24) is 15.0 Å². The van der Waals surface area contributed by atoms with E-state index in [0.29, 0.717) is 23.1 Å². The van der Waals surface area contributed by atoms with E-state index in [9.17, 15) is 0 Å². The van der Waals surface area contributed by atoms with E-state index in [4.69, 9.17) is 16.4 Å². The van der Waals surface area contributed by atoms with E-state index in [2.05, 4.69) is 25.8 Å². The zero-order valence-electron chi connectivity index (χ0n) is 10.6. The standard InChI is InChI=1S/C11H15N7O/c1-6-7(3-4-8(16-6)19-2)9-10(17-12)11(18-13)15-5-14-9/h3-5,17H,12-13H2,1-2H3,(H,14,15,18). The molecule has 2 aromatic heterocycles. The molecule has 2 rings (SSSR count). The van der Waals surface area contributed by atoms with Gasteiger partial charge in [0.1, 0.15) is 17.7 Å². The zero-order valence-corrected chi connectivity index (χ0v) is 10.6. The van der Waals surface area contributed by atoms with Gasteiger partial charge < -0.3 is 15.6 Å². The lowest BCUT2D eigenvalue weighted by Gasteiger charge is -2.13. The van der Waals surface area contributed by atoms with Gasteiger partial charge in [-0.2, -0.15) is 0 Å². The predicted octanol–water partition coefficient (Wildman–Crippen LogP) is 0.427. The van der Waals surface area contributed by atoms with Crippen LogP contribution in [0.2, 0.25) is 0 Å². The monoisotopic (exact) mass is 261 g/mol. The van der Waals surface area contributed by atoms with Crippen LogP contribution in [0.5, 0.6) is 5.88 Å². The number of nitrogens with one attached hydrogen (secondary N) is 2. The third-order valence-corrected chi connectivity index (χ3v) is 2.65. The quantitative estimate of drug-likeness (QED) is 0.461. The van der Waals surface area contributed by atoms with E-state index in [1.54, 1.807) is 13.2 Å². The van der Waals surface area contributed by atoms with Crippen LogP contribution in [0, 0.1) is 6.92 Å². The number of nitrogens with zero attached hydrogens (tertiary/aromatic N) is 3. The Morgan fingerprint density at radius 3 is 2.53 bits per heavy atom. The first-order valence-corrected chi connectivity index (χ1v) is 5.51. The molecule has 19 heavy (non-hydrogen) atoms. The van der Waals surface area contributed by atoms with Gasteiger partial charge in [0.25, 0.3) is 0 Å². The Bertz CT molecular complexity index is 587. The van der Waals surface area contributed by atoms with Gasteiger partial charge in [-0.25, -0.2) is 20.8 Å². The molecule has 6 N–H and O–H groups in total. The van der Waals surface area contributed by atoms with Crippen LogP contribution in [0.1, 0.15) is 5.69 Å². The second-order valence-electron chi connectivity index (χ2n) is 3.72. The molecule has 0 aromatic carbocycles. The number of methoxy groups -OCH3 is 1. The summed E-state index contributed by atoms with van der Waals surface area (Å²) in [5, 5.41) is 0. The van der Waals surface area contributed by atoms with Gasteiger partial charge in [0.05, 0.1) is 12.8 Å². The molecule has 0 radical (unpaired) electrons. The van der Waals surface area contributed by atoms with Crippen LogP contribution in [-0.4, -0.2) is 22.1 Å². The number of hydrogen-bond acceptors (Lipinski definition) is 8. The summed E-state index contributed by atoms with van der Waals surface area (Å²) < 4.78 is 5.07. The van der Waals surface area contributed by atoms with Crippen molar-refractivity contribution in [3.63, 3.8) is 0 Å². The third-order valence-electron chi connectivity index (χ3n) is 2.65. The highest BCUT2D eigenvalue weighted by Gasteiger charge is 2.14. The van der Waals surface area contributed by atoms with Gasteiger partial charge in [0, 0.05) is 11.6 Å². The topological polar surface area (TPSA) is 124 Å². The van der Waals surface area contributed by atoms with Crippen LogP contribution < -0.4 is 27.3 Å². The molecule has 0 bridgehead atoms. The van der Waals surface area contributed by atoms with Crippen LogP contribution in [0.3, 0.4) is 0 Å². The molecule has 0 saturated heterocycles. The number of aromatic nitrogens is 3. The number of rotatable bonds is 4. The Kier molecular flexibility index (Phi) is 3.74. The first-order valence-electron chi connectivity index (χ1n) is 5.51. The third kappa shape index (κ3) is 2.39. The molecule has 0 fully saturated rings. The number of hydrazine groups is 2. The lowest BCUT2D eigenvalue weighted by atomic mass is 10.1. The van der Waals surface area contributed by atoms with Crippen molar-refractivity contribution >= 4 is 11.5 Å². The summed E-state index contributed by atoms with van der Waals surface area (Å²) in [6.07, 6.45) is 1.40. The Morgan fingerprint density at radius 2 is 1.95 bits per heavy atom. The molecule has 100 valence electrons. The molecule has 0 aliphatic heterocycles. The minimum Gasteiger partial charge on any atom is -0.481 e. The van der Waals surface area contributed by atoms with Gasteiger partial charge in [-0.05, 0) is 13.0 Å². The summed E-state index contributed by atoms with van der Waals surface area (Å²) in [7, 11) is 1.56. The maximum atomic E-state index is 5.50. The van der Waals surface area contributed by atoms with Gasteiger partial charge in [-0.15, -0.1) is 0 Å². The van der Waals surface area contributed by atoms with Crippen molar-refractivity contribution in [2.45, 2.75) is 6.92 Å². The highest BCUT2D eigenvalue weighted by atomic mass is 16.5. The Labute approximate surface area is 110 Å². The van der Waals surface area contributed by atoms with E-state index in [-0.39, 0.29) is 0 Å². The van der Waals surface area contributed by atoms with E-state index in [1.165, 1.54) is 6.33 Å². The number of aryl methyl sites for hydroxylation is 1. The van der Waals surface area contributed by atoms with Gasteiger partial charge in [-0.1, -0.05) is 0 Å². The molecular weight excluding hydrogens is 246 g/mol. The molecule has 0 aliphatic rings. The molecule has 0 spiro atoms. The molecule has 0 saturated carbocycles. The second-order valence-corrected chi connectivity index (χ2v) is 3.72. The maximum Gasteiger partial charge on any atom is 0.213 e. The SMILES string of the molecule is COc1ccc(-c2ncnc(NN)c2NN)c(C)n1. The summed E-state index contributed by atoms with van der Waals surface area (Å²) in [5.41, 5.74) is 7.69. The predicted molar refractivity (Wildman–Crippen MR) is 72.2 cm³/mol. The number of hydrogen-bond donors (Lipinski definition) is 4. The van der Waals surface area contributed by atoms with Gasteiger partial charge in [0.15, 0.2) is 5.82 Å². The molecule has 0 amide bonds. The lowest BCUT2D eigenvalue weighted by molar-refractivity contribution is 0.397. The minimum atomic E-state index is 0.405. The van der Waals surface area contributed by atoms with Crippen LogP contribution in [0.25, 0.3) is 11.3 Å². The van der Waals surface area contributed by atoms with E-state index >= 15 is 0 Å². The molecule has 2 aromatic rings. The number of nitrogen functional groups attached to an aromatic ring is 2. The van der Waals surface area contributed by atoms with Crippen molar-refractivity contribution in [3.8, 4) is 17.1 Å². The fourth-order valence-corrected chi connectivity index (χ4v) is 1.74. The van der Waals surface area contributed by atoms with E-state index in [1.807, 2.05) is 13.0 Å². The van der Waals surface area contributed by atoms with Gasteiger partial charge in [-0.3, -0.25) is 5.84 Å². The normalized spacial score (nSPS) is 10.1. The van der Waals surface area contributed by atoms with Crippen molar-refractivity contribution in [3.05, 3.63) is 24.2 Å². The highest BCUT2D eigenvalue weighted by molar-refractivity contribution is 5.82. The van der Waals surface area contributed by atoms with Gasteiger partial charge in [0.2, 0.25) is 5.88 Å². The molecule has 0 unspecified atom stereocenters. The van der Waals surface area contributed by atoms with Crippen LogP contribution >= 0.6 is 0 Å². The largest absolute Gasteiger partial charge is 0.481 e. The minimum absolute atomic E-state index is 0.405. The summed E-state index contributed by atoms with van der Waals surface area (Å²) in [4.78, 5) is 12.5. The molecule has 2 heterocycles. The fraction of sp³-hybridized carbons (Fsp3) is 0.182. The number of nitrogens with two attached hydrogens (primary N) is 2. The molecule has 0 aliphatic carbocycles. The summed E-state index contributed by atoms with van der Waals surface area (Å²) in [5.74, 6) is 11.8. The summed E-state index contributed by atoms with van der Waals surface area (Å²) in [6, 6.07) is 3.60. The van der Waals surface area contributed by atoms with Gasteiger partial charge >= 0.3 is 0 Å². The molecular formula is C11H15N7O. The average molecular weight is 261 g/mol. The van der Waals surface area contributed by atoms with Crippen molar-refractivity contribution in [2.75, 3.05) is 18.0 Å². The first kappa shape index (κ1) is 13.0. The second kappa shape index (κ2) is 5.46. The first-order chi connectivity index (χ1) is 9.21. The number of ether oxygens (including phenoxy) is 1. The van der Waals surface area contributed by atoms with Crippen molar-refractivity contribution in [1.29, 1.82) is 0 Å². The fourth-order valence-electron chi connectivity index (χ4n) is 1.74. The smallest absolute Gasteiger partial charge is 0.213 e. The summed E-state index contributed by atoms with van der Waals surface area (Å²) >= 11 is 0. The molecule has 0 atom stereocenters. The average Bonchev–Trinajstić information content (AvgIpc) is 2.46. The number of pyridine rings is 1. The molecule has 8 nitrogen and oxygen atoms in total. The van der Waals surface area contributed by atoms with E-state index in [0.717, 1.165) is 11.3 Å². The van der Waals surface area contributed by atoms with Crippen LogP contribution in [-0.2, 0) is 0 Å². The Morgan fingerprint density at radius 1 is 1.16 bits per heavy atom. The van der Waals surface area contributed by atoms with Crippen LogP contribution in [0.4, 0.5) is 11.5 Å². The summed E-state index contributed by atoms with van der Waals surface area (Å²) in [6.45, 7) is 1.86. The van der Waals surface area contributed by atoms with Crippen LogP contribution in [0.15, 0.2) is 18.5 Å². The number of anilines is 2. The maximum absolute atomic E-state index is 5.50. The highest BCUT2D eigenvalue weighted by Crippen LogP contribution is 2.31. The van der Waals surface area contributed by atoms with Crippen molar-refractivity contribution in [2.24, 2.45) is 11.7 Å². The van der Waals surface area contributed by atoms with Crippen molar-refractivity contribution < 1.29 is 4.74 Å². The lowest BCUT2D eigenvalue weighted by Crippen LogP contribution is -2.16. The zero-order chi connectivity index (χ0) is 13.8. The Balaban J connectivity index is 2.58. The van der Waals surface area contributed by atoms with E-state index < -0.39 is 0 Å². The molecule has 8 heteroatoms.